The van der Waals surface area contributed by atoms with Crippen molar-refractivity contribution in [2.75, 3.05) is 5.75 Å². The number of benzene rings is 1. The average Bonchev–Trinajstić information content (AvgIpc) is 2.40. The van der Waals surface area contributed by atoms with E-state index in [1.54, 1.807) is 30.6 Å². The zero-order valence-corrected chi connectivity index (χ0v) is 11.6. The summed E-state index contributed by atoms with van der Waals surface area (Å²) in [5.74, 6) is 0.387. The number of nitrogens with zero attached hydrogens (tertiary/aromatic N) is 1. The maximum absolute atomic E-state index is 11.9. The number of hydrogen-bond donors (Lipinski definition) is 0. The fourth-order valence-electron chi connectivity index (χ4n) is 1.34. The van der Waals surface area contributed by atoms with Gasteiger partial charge in [-0.05, 0) is 30.3 Å². The second kappa shape index (κ2) is 6.23. The van der Waals surface area contributed by atoms with Crippen LogP contribution in [0.5, 0.6) is 0 Å². The van der Waals surface area contributed by atoms with E-state index in [-0.39, 0.29) is 5.78 Å². The summed E-state index contributed by atoms with van der Waals surface area (Å²) in [6.45, 7) is 0. The third-order valence-corrected chi connectivity index (χ3v) is 4.01. The van der Waals surface area contributed by atoms with E-state index in [4.69, 9.17) is 23.2 Å². The Bertz CT molecular complexity index is 560. The molecule has 1 aromatic carbocycles. The lowest BCUT2D eigenvalue weighted by Crippen LogP contribution is -2.02. The summed E-state index contributed by atoms with van der Waals surface area (Å²) in [5.41, 5.74) is 0.575. The number of ketones is 1. The van der Waals surface area contributed by atoms with Gasteiger partial charge < -0.3 is 0 Å². The van der Waals surface area contributed by atoms with E-state index < -0.39 is 0 Å². The zero-order valence-electron chi connectivity index (χ0n) is 9.27. The molecule has 1 heterocycles. The number of thioether (sulfide) groups is 1. The van der Waals surface area contributed by atoms with Gasteiger partial charge in [0.05, 0.1) is 15.8 Å². The molecule has 0 atom stereocenters. The Morgan fingerprint density at radius 1 is 1.11 bits per heavy atom. The molecule has 0 unspecified atom stereocenters. The number of aromatic nitrogens is 1. The summed E-state index contributed by atoms with van der Waals surface area (Å²) in [4.78, 5) is 16.9. The van der Waals surface area contributed by atoms with Crippen molar-refractivity contribution in [1.29, 1.82) is 0 Å². The van der Waals surface area contributed by atoms with Crippen LogP contribution >= 0.6 is 35.0 Å². The van der Waals surface area contributed by atoms with Crippen molar-refractivity contribution >= 4 is 40.7 Å². The number of hydrogen-bond acceptors (Lipinski definition) is 3. The minimum absolute atomic E-state index is 0.0235. The van der Waals surface area contributed by atoms with Crippen LogP contribution in [0.2, 0.25) is 10.0 Å². The number of carbonyl (C=O) groups excluding carboxylic acids is 1. The zero-order chi connectivity index (χ0) is 13.0. The molecule has 1 aromatic heterocycles. The molecular weight excluding hydrogens is 289 g/mol. The molecule has 0 radical (unpaired) electrons. The van der Waals surface area contributed by atoms with Gasteiger partial charge in [0.25, 0.3) is 0 Å². The molecule has 5 heteroatoms. The van der Waals surface area contributed by atoms with Crippen LogP contribution in [0.3, 0.4) is 0 Å². The highest BCUT2D eigenvalue weighted by molar-refractivity contribution is 8.00. The molecule has 0 fully saturated rings. The normalized spacial score (nSPS) is 10.3. The SMILES string of the molecule is O=C(CSc1ccncc1)c1ccc(Cl)c(Cl)c1. The maximum Gasteiger partial charge on any atom is 0.173 e. The van der Waals surface area contributed by atoms with Crippen molar-refractivity contribution in [3.8, 4) is 0 Å². The Morgan fingerprint density at radius 2 is 1.83 bits per heavy atom. The van der Waals surface area contributed by atoms with E-state index in [0.29, 0.717) is 21.4 Å². The molecule has 0 saturated heterocycles. The molecule has 2 rings (SSSR count). The van der Waals surface area contributed by atoms with Crippen molar-refractivity contribution in [3.63, 3.8) is 0 Å². The first-order chi connectivity index (χ1) is 8.66. The lowest BCUT2D eigenvalue weighted by molar-refractivity contribution is 0.102. The summed E-state index contributed by atoms with van der Waals surface area (Å²) >= 11 is 13.1. The van der Waals surface area contributed by atoms with Crippen molar-refractivity contribution in [1.82, 2.24) is 4.98 Å². The summed E-state index contributed by atoms with van der Waals surface area (Å²) in [6.07, 6.45) is 3.40. The quantitative estimate of drug-likeness (QED) is 0.620. The van der Waals surface area contributed by atoms with Crippen molar-refractivity contribution < 1.29 is 4.79 Å². The predicted octanol–water partition coefficient (Wildman–Crippen LogP) is 4.36. The van der Waals surface area contributed by atoms with Crippen molar-refractivity contribution in [3.05, 3.63) is 58.3 Å². The minimum atomic E-state index is 0.0235. The summed E-state index contributed by atoms with van der Waals surface area (Å²) in [5, 5.41) is 0.853. The lowest BCUT2D eigenvalue weighted by atomic mass is 10.1. The molecule has 0 aliphatic carbocycles. The number of Topliss-reactive ketones (excluding diaryl/α,β-unsaturated/α-hetero) is 1. The monoisotopic (exact) mass is 297 g/mol. The molecule has 2 nitrogen and oxygen atoms in total. The molecule has 0 saturated carbocycles. The highest BCUT2D eigenvalue weighted by Gasteiger charge is 2.08. The van der Waals surface area contributed by atoms with E-state index in [9.17, 15) is 4.79 Å². The van der Waals surface area contributed by atoms with E-state index >= 15 is 0 Å². The van der Waals surface area contributed by atoms with Crippen LogP contribution in [-0.4, -0.2) is 16.5 Å². The molecule has 0 spiro atoms. The van der Waals surface area contributed by atoms with E-state index in [2.05, 4.69) is 4.98 Å². The molecule has 2 aromatic rings. The molecule has 18 heavy (non-hydrogen) atoms. The number of pyridine rings is 1. The second-order valence-electron chi connectivity index (χ2n) is 3.52. The summed E-state index contributed by atoms with van der Waals surface area (Å²) < 4.78 is 0. The van der Waals surface area contributed by atoms with Gasteiger partial charge in [0.2, 0.25) is 0 Å². The van der Waals surface area contributed by atoms with Gasteiger partial charge in [-0.15, -0.1) is 11.8 Å². The number of carbonyl (C=O) groups is 1. The molecule has 0 aliphatic heterocycles. The standard InChI is InChI=1S/C13H9Cl2NOS/c14-11-2-1-9(7-12(11)15)13(17)8-18-10-3-5-16-6-4-10/h1-7H,8H2. The topological polar surface area (TPSA) is 30.0 Å². The minimum Gasteiger partial charge on any atom is -0.293 e. The summed E-state index contributed by atoms with van der Waals surface area (Å²) in [6, 6.07) is 8.65. The second-order valence-corrected chi connectivity index (χ2v) is 5.39. The first kappa shape index (κ1) is 13.4. The molecule has 0 aliphatic rings. The Morgan fingerprint density at radius 3 is 2.50 bits per heavy atom. The van der Waals surface area contributed by atoms with Crippen LogP contribution in [0.15, 0.2) is 47.6 Å². The van der Waals surface area contributed by atoms with E-state index in [0.717, 1.165) is 4.90 Å². The van der Waals surface area contributed by atoms with Gasteiger partial charge in [-0.25, -0.2) is 0 Å². The van der Waals surface area contributed by atoms with Gasteiger partial charge in [-0.1, -0.05) is 23.2 Å². The largest absolute Gasteiger partial charge is 0.293 e. The van der Waals surface area contributed by atoms with Crippen LogP contribution < -0.4 is 0 Å². The first-order valence-corrected chi connectivity index (χ1v) is 6.92. The van der Waals surface area contributed by atoms with E-state index in [1.165, 1.54) is 11.8 Å². The fourth-order valence-corrected chi connectivity index (χ4v) is 2.41. The van der Waals surface area contributed by atoms with Crippen molar-refractivity contribution in [2.45, 2.75) is 4.90 Å². The highest BCUT2D eigenvalue weighted by atomic mass is 35.5. The average molecular weight is 298 g/mol. The van der Waals surface area contributed by atoms with Crippen molar-refractivity contribution in [2.24, 2.45) is 0 Å². The summed E-state index contributed by atoms with van der Waals surface area (Å²) in [7, 11) is 0. The van der Waals surface area contributed by atoms with Gasteiger partial charge in [0.15, 0.2) is 5.78 Å². The van der Waals surface area contributed by atoms with Gasteiger partial charge in [-0.2, -0.15) is 0 Å². The van der Waals surface area contributed by atoms with Crippen LogP contribution in [-0.2, 0) is 0 Å². The third-order valence-electron chi connectivity index (χ3n) is 2.26. The third kappa shape index (κ3) is 3.48. The van der Waals surface area contributed by atoms with Crippen LogP contribution in [0.4, 0.5) is 0 Å². The fraction of sp³-hybridized carbons (Fsp3) is 0.0769. The van der Waals surface area contributed by atoms with Gasteiger partial charge in [0, 0.05) is 22.9 Å². The molecule has 0 bridgehead atoms. The van der Waals surface area contributed by atoms with Gasteiger partial charge in [0.1, 0.15) is 0 Å². The predicted molar refractivity (Wildman–Crippen MR) is 75.8 cm³/mol. The first-order valence-electron chi connectivity index (χ1n) is 5.18. The Labute approximate surface area is 119 Å². The van der Waals surface area contributed by atoms with E-state index in [1.807, 2.05) is 12.1 Å². The highest BCUT2D eigenvalue weighted by Crippen LogP contribution is 2.24. The number of rotatable bonds is 4. The number of halogens is 2. The molecular formula is C13H9Cl2NOS. The molecule has 92 valence electrons. The van der Waals surface area contributed by atoms with Crippen LogP contribution in [0.25, 0.3) is 0 Å². The smallest absolute Gasteiger partial charge is 0.173 e. The van der Waals surface area contributed by atoms with Gasteiger partial charge in [-0.3, -0.25) is 9.78 Å². The Hall–Kier alpha value is -1.03. The Kier molecular flexibility index (Phi) is 4.64. The van der Waals surface area contributed by atoms with Crippen LogP contribution in [0, 0.1) is 0 Å². The lowest BCUT2D eigenvalue weighted by Gasteiger charge is -2.03. The van der Waals surface area contributed by atoms with Gasteiger partial charge >= 0.3 is 0 Å². The molecule has 0 amide bonds. The maximum atomic E-state index is 11.9. The Balaban J connectivity index is 2.02. The molecule has 0 N–H and O–H groups in total. The van der Waals surface area contributed by atoms with Crippen LogP contribution in [0.1, 0.15) is 10.4 Å².